The van der Waals surface area contributed by atoms with Crippen LogP contribution in [0.5, 0.6) is 0 Å². The first-order chi connectivity index (χ1) is 9.61. The van der Waals surface area contributed by atoms with Gasteiger partial charge in [-0.25, -0.2) is 0 Å². The van der Waals surface area contributed by atoms with E-state index in [4.69, 9.17) is 23.2 Å². The zero-order valence-electron chi connectivity index (χ0n) is 11.6. The third kappa shape index (κ3) is 3.72. The molecule has 106 valence electrons. The number of pyridine rings is 1. The van der Waals surface area contributed by atoms with Crippen molar-refractivity contribution in [1.82, 2.24) is 10.3 Å². The van der Waals surface area contributed by atoms with Gasteiger partial charge in [0.15, 0.2) is 0 Å². The molecule has 0 fully saturated rings. The highest BCUT2D eigenvalue weighted by Crippen LogP contribution is 2.28. The molecular weight excluding hydrogens is 291 g/mol. The average molecular weight is 309 g/mol. The Labute approximate surface area is 130 Å². The van der Waals surface area contributed by atoms with Crippen LogP contribution in [0.1, 0.15) is 43.5 Å². The monoisotopic (exact) mass is 308 g/mol. The van der Waals surface area contributed by atoms with Crippen molar-refractivity contribution in [3.8, 4) is 0 Å². The molecule has 0 saturated carbocycles. The van der Waals surface area contributed by atoms with Crippen LogP contribution in [0, 0.1) is 0 Å². The Balaban J connectivity index is 2.14. The second-order valence-corrected chi connectivity index (χ2v) is 5.62. The van der Waals surface area contributed by atoms with Crippen LogP contribution in [0.4, 0.5) is 0 Å². The second-order valence-electron chi connectivity index (χ2n) is 4.81. The summed E-state index contributed by atoms with van der Waals surface area (Å²) in [6.07, 6.45) is 4.65. The number of aromatic nitrogens is 1. The van der Waals surface area contributed by atoms with Crippen molar-refractivity contribution >= 4 is 23.2 Å². The van der Waals surface area contributed by atoms with Crippen molar-refractivity contribution in [3.63, 3.8) is 0 Å². The maximum atomic E-state index is 6.10. The molecule has 0 spiro atoms. The molecule has 2 atom stereocenters. The number of nitrogens with zero attached hydrogens (tertiary/aromatic N) is 1. The van der Waals surface area contributed by atoms with Crippen LogP contribution in [-0.2, 0) is 0 Å². The maximum Gasteiger partial charge on any atom is 0.0595 e. The van der Waals surface area contributed by atoms with Gasteiger partial charge >= 0.3 is 0 Å². The Morgan fingerprint density at radius 3 is 2.55 bits per heavy atom. The van der Waals surface area contributed by atoms with Gasteiger partial charge in [-0.05, 0) is 42.7 Å². The first kappa shape index (κ1) is 15.3. The van der Waals surface area contributed by atoms with E-state index in [1.807, 2.05) is 30.5 Å². The molecule has 2 unspecified atom stereocenters. The SMILES string of the molecule is CCC(NC(C)c1cccnc1)c1ccc(Cl)c(Cl)c1. The first-order valence-electron chi connectivity index (χ1n) is 6.72. The van der Waals surface area contributed by atoms with Gasteiger partial charge in [0.25, 0.3) is 0 Å². The van der Waals surface area contributed by atoms with Gasteiger partial charge in [0, 0.05) is 24.5 Å². The van der Waals surface area contributed by atoms with E-state index in [-0.39, 0.29) is 12.1 Å². The predicted octanol–water partition coefficient (Wildman–Crippen LogP) is 5.19. The lowest BCUT2D eigenvalue weighted by molar-refractivity contribution is 0.456. The number of hydrogen-bond donors (Lipinski definition) is 1. The van der Waals surface area contributed by atoms with Crippen molar-refractivity contribution in [1.29, 1.82) is 0 Å². The molecule has 2 nitrogen and oxygen atoms in total. The normalized spacial score (nSPS) is 14.0. The largest absolute Gasteiger partial charge is 0.303 e. The Bertz CT molecular complexity index is 558. The quantitative estimate of drug-likeness (QED) is 0.822. The number of benzene rings is 1. The summed E-state index contributed by atoms with van der Waals surface area (Å²) in [4.78, 5) is 4.16. The summed E-state index contributed by atoms with van der Waals surface area (Å²) in [5.41, 5.74) is 2.32. The van der Waals surface area contributed by atoms with Crippen LogP contribution in [-0.4, -0.2) is 4.98 Å². The van der Waals surface area contributed by atoms with Crippen molar-refractivity contribution in [2.45, 2.75) is 32.4 Å². The molecule has 0 aliphatic heterocycles. The minimum absolute atomic E-state index is 0.225. The Hall–Kier alpha value is -1.09. The summed E-state index contributed by atoms with van der Waals surface area (Å²) in [6.45, 7) is 4.29. The number of rotatable bonds is 5. The lowest BCUT2D eigenvalue weighted by Gasteiger charge is -2.23. The fourth-order valence-electron chi connectivity index (χ4n) is 2.21. The van der Waals surface area contributed by atoms with Crippen LogP contribution < -0.4 is 5.32 Å². The van der Waals surface area contributed by atoms with Gasteiger partial charge in [0.05, 0.1) is 10.0 Å². The summed E-state index contributed by atoms with van der Waals surface area (Å²) in [5, 5.41) is 4.79. The summed E-state index contributed by atoms with van der Waals surface area (Å²) < 4.78 is 0. The van der Waals surface area contributed by atoms with Gasteiger partial charge in [-0.2, -0.15) is 0 Å². The maximum absolute atomic E-state index is 6.10. The molecule has 1 heterocycles. The highest BCUT2D eigenvalue weighted by atomic mass is 35.5. The highest BCUT2D eigenvalue weighted by Gasteiger charge is 2.14. The minimum atomic E-state index is 0.225. The molecule has 0 aliphatic carbocycles. The molecule has 4 heteroatoms. The Morgan fingerprint density at radius 2 is 1.95 bits per heavy atom. The average Bonchev–Trinajstić information content (AvgIpc) is 2.48. The third-order valence-corrected chi connectivity index (χ3v) is 4.13. The second kappa shape index (κ2) is 7.07. The summed E-state index contributed by atoms with van der Waals surface area (Å²) in [5.74, 6) is 0. The van der Waals surface area contributed by atoms with E-state index in [1.165, 1.54) is 5.56 Å². The van der Waals surface area contributed by atoms with E-state index in [0.29, 0.717) is 10.0 Å². The Kier molecular flexibility index (Phi) is 5.41. The van der Waals surface area contributed by atoms with Crippen molar-refractivity contribution in [2.75, 3.05) is 0 Å². The van der Waals surface area contributed by atoms with Crippen LogP contribution in [0.2, 0.25) is 10.0 Å². The fourth-order valence-corrected chi connectivity index (χ4v) is 2.52. The molecule has 0 amide bonds. The third-order valence-electron chi connectivity index (χ3n) is 3.39. The smallest absolute Gasteiger partial charge is 0.0595 e. The lowest BCUT2D eigenvalue weighted by Crippen LogP contribution is -2.24. The molecular formula is C16H18Cl2N2. The molecule has 0 aliphatic rings. The van der Waals surface area contributed by atoms with Crippen molar-refractivity contribution in [2.24, 2.45) is 0 Å². The first-order valence-corrected chi connectivity index (χ1v) is 7.48. The molecule has 1 aromatic heterocycles. The zero-order valence-corrected chi connectivity index (χ0v) is 13.1. The lowest BCUT2D eigenvalue weighted by atomic mass is 10.0. The van der Waals surface area contributed by atoms with Crippen LogP contribution in [0.3, 0.4) is 0 Å². The summed E-state index contributed by atoms with van der Waals surface area (Å²) in [7, 11) is 0. The van der Waals surface area contributed by atoms with Gasteiger partial charge in [-0.3, -0.25) is 4.98 Å². The summed E-state index contributed by atoms with van der Waals surface area (Å²) >= 11 is 12.1. The molecule has 2 aromatic rings. The molecule has 20 heavy (non-hydrogen) atoms. The standard InChI is InChI=1S/C16H18Cl2N2/c1-3-16(12-6-7-14(17)15(18)9-12)20-11(2)13-5-4-8-19-10-13/h4-11,16,20H,3H2,1-2H3. The molecule has 0 radical (unpaired) electrons. The van der Waals surface area contributed by atoms with E-state index in [9.17, 15) is 0 Å². The number of halogens is 2. The molecule has 1 aromatic carbocycles. The van der Waals surface area contributed by atoms with Gasteiger partial charge < -0.3 is 5.32 Å². The van der Waals surface area contributed by atoms with Gasteiger partial charge in [0.1, 0.15) is 0 Å². The van der Waals surface area contributed by atoms with E-state index in [0.717, 1.165) is 12.0 Å². The Morgan fingerprint density at radius 1 is 1.15 bits per heavy atom. The van der Waals surface area contributed by atoms with Crippen LogP contribution in [0.25, 0.3) is 0 Å². The van der Waals surface area contributed by atoms with E-state index in [1.54, 1.807) is 6.20 Å². The van der Waals surface area contributed by atoms with Gasteiger partial charge in [-0.15, -0.1) is 0 Å². The van der Waals surface area contributed by atoms with Crippen molar-refractivity contribution < 1.29 is 0 Å². The van der Waals surface area contributed by atoms with Crippen molar-refractivity contribution in [3.05, 3.63) is 63.9 Å². The summed E-state index contributed by atoms with van der Waals surface area (Å²) in [6, 6.07) is 10.3. The van der Waals surface area contributed by atoms with E-state index < -0.39 is 0 Å². The van der Waals surface area contributed by atoms with Crippen LogP contribution >= 0.6 is 23.2 Å². The van der Waals surface area contributed by atoms with E-state index in [2.05, 4.69) is 30.2 Å². The molecule has 0 saturated heterocycles. The highest BCUT2D eigenvalue weighted by molar-refractivity contribution is 6.42. The van der Waals surface area contributed by atoms with Gasteiger partial charge in [0.2, 0.25) is 0 Å². The zero-order chi connectivity index (χ0) is 14.5. The number of hydrogen-bond acceptors (Lipinski definition) is 2. The minimum Gasteiger partial charge on any atom is -0.303 e. The topological polar surface area (TPSA) is 24.9 Å². The molecule has 1 N–H and O–H groups in total. The molecule has 2 rings (SSSR count). The fraction of sp³-hybridized carbons (Fsp3) is 0.312. The number of nitrogens with one attached hydrogen (secondary N) is 1. The van der Waals surface area contributed by atoms with Crippen LogP contribution in [0.15, 0.2) is 42.7 Å². The van der Waals surface area contributed by atoms with Gasteiger partial charge in [-0.1, -0.05) is 42.3 Å². The van der Waals surface area contributed by atoms with E-state index >= 15 is 0 Å². The molecule has 0 bridgehead atoms. The predicted molar refractivity (Wildman–Crippen MR) is 85.3 cm³/mol.